The summed E-state index contributed by atoms with van der Waals surface area (Å²) < 4.78 is 0. The number of hydrogen-bond acceptors (Lipinski definition) is 2. The highest BCUT2D eigenvalue weighted by Gasteiger charge is 2.23. The van der Waals surface area contributed by atoms with Crippen molar-refractivity contribution in [1.82, 2.24) is 15.2 Å². The molecule has 1 aromatic carbocycles. The van der Waals surface area contributed by atoms with Crippen LogP contribution in [0.4, 0.5) is 0 Å². The molecule has 1 saturated heterocycles. The van der Waals surface area contributed by atoms with Crippen LogP contribution in [0.15, 0.2) is 30.5 Å². The molecule has 0 spiro atoms. The number of aromatic nitrogens is 1. The second kappa shape index (κ2) is 8.19. The summed E-state index contributed by atoms with van der Waals surface area (Å²) in [6.45, 7) is 3.60. The maximum atomic E-state index is 12.4. The Kier molecular flexibility index (Phi) is 5.74. The van der Waals surface area contributed by atoms with E-state index in [0.29, 0.717) is 12.8 Å². The molecule has 1 fully saturated rings. The van der Waals surface area contributed by atoms with Crippen molar-refractivity contribution < 1.29 is 9.59 Å². The summed E-state index contributed by atoms with van der Waals surface area (Å²) in [6.07, 6.45) is 6.65. The maximum absolute atomic E-state index is 12.4. The molecular weight excluding hydrogens is 314 g/mol. The zero-order valence-corrected chi connectivity index (χ0v) is 14.9. The summed E-state index contributed by atoms with van der Waals surface area (Å²) in [5, 5.41) is 4.24. The fourth-order valence-electron chi connectivity index (χ4n) is 3.49. The van der Waals surface area contributed by atoms with E-state index < -0.39 is 0 Å². The van der Waals surface area contributed by atoms with Crippen molar-refractivity contribution in [2.24, 2.45) is 0 Å². The first-order valence-electron chi connectivity index (χ1n) is 9.29. The Bertz CT molecular complexity index is 729. The number of para-hydroxylation sites is 1. The molecule has 0 bridgehead atoms. The smallest absolute Gasteiger partial charge is 0.224 e. The molecule has 1 aromatic heterocycles. The number of likely N-dealkylation sites (tertiary alicyclic amines) is 1. The van der Waals surface area contributed by atoms with E-state index in [-0.39, 0.29) is 17.9 Å². The fourth-order valence-corrected chi connectivity index (χ4v) is 3.49. The summed E-state index contributed by atoms with van der Waals surface area (Å²) in [4.78, 5) is 29.6. The van der Waals surface area contributed by atoms with Crippen molar-refractivity contribution in [2.45, 2.75) is 51.5 Å². The Morgan fingerprint density at radius 1 is 1.24 bits per heavy atom. The number of fused-ring (bicyclic) bond motifs is 1. The standard InChI is InChI=1S/C20H27N3O2/c1-2-3-8-20(25)23-11-9-16(10-12-23)22-19(24)13-15-14-21-18-7-5-4-6-17(15)18/h4-7,14,16,21H,2-3,8-13H2,1H3,(H,22,24). The molecule has 0 atom stereocenters. The molecule has 0 radical (unpaired) electrons. The Morgan fingerprint density at radius 3 is 2.76 bits per heavy atom. The quantitative estimate of drug-likeness (QED) is 0.848. The minimum Gasteiger partial charge on any atom is -0.361 e. The Labute approximate surface area is 148 Å². The van der Waals surface area contributed by atoms with Crippen molar-refractivity contribution in [3.63, 3.8) is 0 Å². The lowest BCUT2D eigenvalue weighted by Crippen LogP contribution is -2.46. The lowest BCUT2D eigenvalue weighted by atomic mass is 10.0. The first kappa shape index (κ1) is 17.5. The Balaban J connectivity index is 1.47. The number of benzene rings is 1. The van der Waals surface area contributed by atoms with Crippen molar-refractivity contribution in [3.05, 3.63) is 36.0 Å². The number of unbranched alkanes of at least 4 members (excludes halogenated alkanes) is 1. The summed E-state index contributed by atoms with van der Waals surface area (Å²) in [6, 6.07) is 8.20. The van der Waals surface area contributed by atoms with Crippen LogP contribution in [-0.2, 0) is 16.0 Å². The largest absolute Gasteiger partial charge is 0.361 e. The molecule has 0 saturated carbocycles. The predicted molar refractivity (Wildman–Crippen MR) is 99.3 cm³/mol. The van der Waals surface area contributed by atoms with Gasteiger partial charge in [-0.25, -0.2) is 0 Å². The van der Waals surface area contributed by atoms with Gasteiger partial charge in [-0.2, -0.15) is 0 Å². The van der Waals surface area contributed by atoms with Gasteiger partial charge in [0.15, 0.2) is 0 Å². The van der Waals surface area contributed by atoms with E-state index in [9.17, 15) is 9.59 Å². The molecule has 134 valence electrons. The van der Waals surface area contributed by atoms with Crippen LogP contribution in [-0.4, -0.2) is 40.8 Å². The van der Waals surface area contributed by atoms with Gasteiger partial charge in [0.05, 0.1) is 6.42 Å². The predicted octanol–water partition coefficient (Wildman–Crippen LogP) is 3.01. The van der Waals surface area contributed by atoms with Gasteiger partial charge in [0.1, 0.15) is 0 Å². The molecule has 1 aliphatic heterocycles. The SMILES string of the molecule is CCCCC(=O)N1CCC(NC(=O)Cc2c[nH]c3ccccc23)CC1. The van der Waals surface area contributed by atoms with Gasteiger partial charge in [-0.3, -0.25) is 9.59 Å². The zero-order chi connectivity index (χ0) is 17.6. The van der Waals surface area contributed by atoms with Crippen LogP contribution in [0.1, 0.15) is 44.6 Å². The topological polar surface area (TPSA) is 65.2 Å². The average Bonchev–Trinajstić information content (AvgIpc) is 3.03. The van der Waals surface area contributed by atoms with E-state index in [2.05, 4.69) is 17.2 Å². The van der Waals surface area contributed by atoms with E-state index in [1.54, 1.807) is 0 Å². The van der Waals surface area contributed by atoms with E-state index >= 15 is 0 Å². The molecule has 0 aliphatic carbocycles. The molecule has 25 heavy (non-hydrogen) atoms. The molecule has 3 rings (SSSR count). The maximum Gasteiger partial charge on any atom is 0.224 e. The van der Waals surface area contributed by atoms with Crippen molar-refractivity contribution >= 4 is 22.7 Å². The van der Waals surface area contributed by atoms with E-state index in [1.165, 1.54) is 0 Å². The average molecular weight is 341 g/mol. The molecule has 2 aromatic rings. The minimum atomic E-state index is 0.0560. The van der Waals surface area contributed by atoms with Gasteiger partial charge in [-0.1, -0.05) is 31.5 Å². The summed E-state index contributed by atoms with van der Waals surface area (Å²) >= 11 is 0. The number of carbonyl (C=O) groups is 2. The van der Waals surface area contributed by atoms with Crippen LogP contribution < -0.4 is 5.32 Å². The van der Waals surface area contributed by atoms with Crippen LogP contribution in [0.5, 0.6) is 0 Å². The van der Waals surface area contributed by atoms with E-state index in [1.807, 2.05) is 35.4 Å². The van der Waals surface area contributed by atoms with Crippen LogP contribution >= 0.6 is 0 Å². The number of nitrogens with zero attached hydrogens (tertiary/aromatic N) is 1. The first-order chi connectivity index (χ1) is 12.2. The number of rotatable bonds is 6. The summed E-state index contributed by atoms with van der Waals surface area (Å²) in [7, 11) is 0. The third kappa shape index (κ3) is 4.41. The molecule has 2 N–H and O–H groups in total. The number of amides is 2. The van der Waals surface area contributed by atoms with Crippen LogP contribution in [0.3, 0.4) is 0 Å². The molecule has 2 heterocycles. The molecule has 2 amide bonds. The van der Waals surface area contributed by atoms with Crippen LogP contribution in [0.25, 0.3) is 10.9 Å². The third-order valence-corrected chi connectivity index (χ3v) is 4.98. The zero-order valence-electron chi connectivity index (χ0n) is 14.9. The van der Waals surface area contributed by atoms with Crippen molar-refractivity contribution in [1.29, 1.82) is 0 Å². The van der Waals surface area contributed by atoms with Gasteiger partial charge in [-0.05, 0) is 30.9 Å². The molecular formula is C20H27N3O2. The van der Waals surface area contributed by atoms with E-state index in [0.717, 1.165) is 55.2 Å². The minimum absolute atomic E-state index is 0.0560. The molecule has 1 aliphatic rings. The van der Waals surface area contributed by atoms with Gasteiger partial charge >= 0.3 is 0 Å². The molecule has 0 unspecified atom stereocenters. The number of nitrogens with one attached hydrogen (secondary N) is 2. The summed E-state index contributed by atoms with van der Waals surface area (Å²) in [5.41, 5.74) is 2.09. The lowest BCUT2D eigenvalue weighted by Gasteiger charge is -2.32. The first-order valence-corrected chi connectivity index (χ1v) is 9.29. The second-order valence-corrected chi connectivity index (χ2v) is 6.86. The normalized spacial score (nSPS) is 15.5. The number of H-pyrrole nitrogens is 1. The van der Waals surface area contributed by atoms with Gasteiger partial charge in [-0.15, -0.1) is 0 Å². The lowest BCUT2D eigenvalue weighted by molar-refractivity contribution is -0.132. The van der Waals surface area contributed by atoms with Crippen molar-refractivity contribution in [2.75, 3.05) is 13.1 Å². The van der Waals surface area contributed by atoms with Crippen LogP contribution in [0.2, 0.25) is 0 Å². The molecule has 5 heteroatoms. The molecule has 5 nitrogen and oxygen atoms in total. The fraction of sp³-hybridized carbons (Fsp3) is 0.500. The van der Waals surface area contributed by atoms with Crippen molar-refractivity contribution in [3.8, 4) is 0 Å². The monoisotopic (exact) mass is 341 g/mol. The van der Waals surface area contributed by atoms with Gasteiger partial charge in [0, 0.05) is 42.7 Å². The van der Waals surface area contributed by atoms with Gasteiger partial charge in [0.25, 0.3) is 0 Å². The third-order valence-electron chi connectivity index (χ3n) is 4.98. The number of aromatic amines is 1. The van der Waals surface area contributed by atoms with E-state index in [4.69, 9.17) is 0 Å². The van der Waals surface area contributed by atoms with Gasteiger partial charge in [0.2, 0.25) is 11.8 Å². The Morgan fingerprint density at radius 2 is 2.00 bits per heavy atom. The highest BCUT2D eigenvalue weighted by molar-refractivity contribution is 5.89. The summed E-state index contributed by atoms with van der Waals surface area (Å²) in [5.74, 6) is 0.311. The van der Waals surface area contributed by atoms with Crippen LogP contribution in [0, 0.1) is 0 Å². The number of hydrogen-bond donors (Lipinski definition) is 2. The van der Waals surface area contributed by atoms with Gasteiger partial charge < -0.3 is 15.2 Å². The second-order valence-electron chi connectivity index (χ2n) is 6.86. The highest BCUT2D eigenvalue weighted by atomic mass is 16.2. The number of piperidine rings is 1. The number of carbonyl (C=O) groups excluding carboxylic acids is 2. The highest BCUT2D eigenvalue weighted by Crippen LogP contribution is 2.18. The Hall–Kier alpha value is -2.30.